The Morgan fingerprint density at radius 3 is 2.67 bits per heavy atom. The summed E-state index contributed by atoms with van der Waals surface area (Å²) in [6.45, 7) is 5.77. The van der Waals surface area contributed by atoms with Crippen molar-refractivity contribution >= 4 is 22.9 Å². The van der Waals surface area contributed by atoms with Crippen LogP contribution in [0.3, 0.4) is 0 Å². The van der Waals surface area contributed by atoms with Gasteiger partial charge in [-0.05, 0) is 25.1 Å². The maximum Gasteiger partial charge on any atom is 0.220 e. The van der Waals surface area contributed by atoms with Crippen LogP contribution in [0.15, 0.2) is 41.2 Å². The summed E-state index contributed by atoms with van der Waals surface area (Å²) >= 11 is 1.55. The highest BCUT2D eigenvalue weighted by molar-refractivity contribution is 7.07. The number of benzene rings is 1. The Hall–Kier alpha value is -1.92. The summed E-state index contributed by atoms with van der Waals surface area (Å²) in [5.74, 6) is 0.117. The highest BCUT2D eigenvalue weighted by Crippen LogP contribution is 2.15. The molecule has 0 bridgehead atoms. The second-order valence-electron chi connectivity index (χ2n) is 6.02. The molecule has 2 heterocycles. The number of carbonyl (C=O) groups excluding carboxylic acids is 1. The lowest BCUT2D eigenvalue weighted by Crippen LogP contribution is -2.46. The Morgan fingerprint density at radius 2 is 1.96 bits per heavy atom. The third-order valence-corrected chi connectivity index (χ3v) is 4.96. The van der Waals surface area contributed by atoms with Gasteiger partial charge in [0.15, 0.2) is 0 Å². The topological polar surface area (TPSA) is 48.5 Å². The molecule has 1 saturated heterocycles. The van der Waals surface area contributed by atoms with Crippen molar-refractivity contribution in [2.45, 2.75) is 19.4 Å². The van der Waals surface area contributed by atoms with Crippen LogP contribution in [-0.2, 0) is 11.3 Å². The summed E-state index contributed by atoms with van der Waals surface area (Å²) in [5.41, 5.74) is 4.03. The van der Waals surface area contributed by atoms with Crippen molar-refractivity contribution in [3.8, 4) is 0 Å². The van der Waals surface area contributed by atoms with E-state index in [1.165, 1.54) is 5.69 Å². The number of rotatable bonds is 7. The van der Waals surface area contributed by atoms with E-state index < -0.39 is 0 Å². The van der Waals surface area contributed by atoms with E-state index in [1.807, 2.05) is 5.38 Å². The lowest BCUT2D eigenvalue weighted by atomic mass is 10.2. The maximum absolute atomic E-state index is 11.9. The van der Waals surface area contributed by atoms with E-state index in [1.54, 1.807) is 16.8 Å². The molecule has 0 aliphatic carbocycles. The number of thiazole rings is 1. The van der Waals surface area contributed by atoms with Crippen LogP contribution in [0.25, 0.3) is 0 Å². The third-order valence-electron chi connectivity index (χ3n) is 4.32. The standard InChI is InChI=1S/C18H24N4OS/c23-18(19-13-16-14-24-15-20-16)7-4-8-21-9-11-22(12-10-21)17-5-2-1-3-6-17/h1-3,5-6,14-15H,4,7-13H2,(H,19,23). The summed E-state index contributed by atoms with van der Waals surface area (Å²) in [7, 11) is 0. The van der Waals surface area contributed by atoms with Crippen molar-refractivity contribution in [3.05, 3.63) is 46.9 Å². The van der Waals surface area contributed by atoms with Crippen molar-refractivity contribution in [2.75, 3.05) is 37.6 Å². The van der Waals surface area contributed by atoms with Gasteiger partial charge >= 0.3 is 0 Å². The maximum atomic E-state index is 11.9. The molecule has 1 aliphatic heterocycles. The van der Waals surface area contributed by atoms with Crippen LogP contribution in [0.4, 0.5) is 5.69 Å². The molecule has 1 aromatic heterocycles. The van der Waals surface area contributed by atoms with Gasteiger partial charge in [0.05, 0.1) is 17.7 Å². The van der Waals surface area contributed by atoms with Crippen LogP contribution in [0.1, 0.15) is 18.5 Å². The molecule has 3 rings (SSSR count). The van der Waals surface area contributed by atoms with Crippen LogP contribution < -0.4 is 10.2 Å². The fourth-order valence-electron chi connectivity index (χ4n) is 2.93. The fraction of sp³-hybridized carbons (Fsp3) is 0.444. The molecule has 0 radical (unpaired) electrons. The summed E-state index contributed by atoms with van der Waals surface area (Å²) in [6, 6.07) is 10.6. The summed E-state index contributed by atoms with van der Waals surface area (Å²) in [5, 5.41) is 4.89. The van der Waals surface area contributed by atoms with Crippen LogP contribution in [0.5, 0.6) is 0 Å². The van der Waals surface area contributed by atoms with Gasteiger partial charge in [0.1, 0.15) is 0 Å². The van der Waals surface area contributed by atoms with Gasteiger partial charge in [-0.1, -0.05) is 18.2 Å². The molecule has 1 aromatic carbocycles. The molecule has 5 nitrogen and oxygen atoms in total. The molecule has 0 saturated carbocycles. The second kappa shape index (κ2) is 8.80. The van der Waals surface area contributed by atoms with Crippen LogP contribution in [0, 0.1) is 0 Å². The Balaban J connectivity index is 1.30. The molecule has 1 N–H and O–H groups in total. The SMILES string of the molecule is O=C(CCCN1CCN(c2ccccc2)CC1)NCc1cscn1. The number of piperazine rings is 1. The number of carbonyl (C=O) groups is 1. The smallest absolute Gasteiger partial charge is 0.220 e. The van der Waals surface area contributed by atoms with Crippen molar-refractivity contribution in [1.82, 2.24) is 15.2 Å². The Labute approximate surface area is 147 Å². The minimum absolute atomic E-state index is 0.117. The van der Waals surface area contributed by atoms with Crippen molar-refractivity contribution in [3.63, 3.8) is 0 Å². The number of para-hydroxylation sites is 1. The minimum atomic E-state index is 0.117. The van der Waals surface area contributed by atoms with Crippen LogP contribution in [0.2, 0.25) is 0 Å². The highest BCUT2D eigenvalue weighted by Gasteiger charge is 2.16. The first-order valence-electron chi connectivity index (χ1n) is 8.47. The van der Waals surface area contributed by atoms with Crippen molar-refractivity contribution in [1.29, 1.82) is 0 Å². The normalized spacial score (nSPS) is 15.4. The van der Waals surface area contributed by atoms with Gasteiger partial charge < -0.3 is 10.2 Å². The predicted octanol–water partition coefficient (Wildman–Crippen LogP) is 2.36. The van der Waals surface area contributed by atoms with Gasteiger partial charge in [-0.25, -0.2) is 4.98 Å². The summed E-state index contributed by atoms with van der Waals surface area (Å²) in [6.07, 6.45) is 1.50. The number of nitrogens with zero attached hydrogens (tertiary/aromatic N) is 3. The molecule has 1 aliphatic rings. The Bertz CT molecular complexity index is 609. The van der Waals surface area contributed by atoms with Gasteiger partial charge in [0, 0.05) is 43.7 Å². The van der Waals surface area contributed by atoms with Crippen molar-refractivity contribution in [2.24, 2.45) is 0 Å². The van der Waals surface area contributed by atoms with Crippen molar-refractivity contribution < 1.29 is 4.79 Å². The van der Waals surface area contributed by atoms with E-state index in [-0.39, 0.29) is 5.91 Å². The molecule has 24 heavy (non-hydrogen) atoms. The second-order valence-corrected chi connectivity index (χ2v) is 6.74. The molecule has 6 heteroatoms. The van der Waals surface area contributed by atoms with Gasteiger partial charge in [-0.15, -0.1) is 11.3 Å². The zero-order valence-electron chi connectivity index (χ0n) is 13.9. The van der Waals surface area contributed by atoms with E-state index in [2.05, 4.69) is 50.4 Å². The zero-order chi connectivity index (χ0) is 16.6. The molecule has 1 amide bonds. The zero-order valence-corrected chi connectivity index (χ0v) is 14.7. The largest absolute Gasteiger partial charge is 0.369 e. The number of anilines is 1. The quantitative estimate of drug-likeness (QED) is 0.838. The van der Waals surface area contributed by atoms with E-state index in [9.17, 15) is 4.79 Å². The molecule has 1 fully saturated rings. The lowest BCUT2D eigenvalue weighted by Gasteiger charge is -2.36. The minimum Gasteiger partial charge on any atom is -0.369 e. The van der Waals surface area contributed by atoms with E-state index in [0.29, 0.717) is 13.0 Å². The fourth-order valence-corrected chi connectivity index (χ4v) is 3.49. The summed E-state index contributed by atoms with van der Waals surface area (Å²) in [4.78, 5) is 20.9. The number of hydrogen-bond acceptors (Lipinski definition) is 5. The number of aromatic nitrogens is 1. The van der Waals surface area contributed by atoms with Gasteiger partial charge in [-0.2, -0.15) is 0 Å². The van der Waals surface area contributed by atoms with E-state index in [0.717, 1.165) is 44.8 Å². The average molecular weight is 344 g/mol. The predicted molar refractivity (Wildman–Crippen MR) is 98.3 cm³/mol. The first-order chi connectivity index (χ1) is 11.8. The van der Waals surface area contributed by atoms with Crippen LogP contribution in [-0.4, -0.2) is 48.5 Å². The molecule has 0 unspecified atom stereocenters. The Kier molecular flexibility index (Phi) is 6.20. The number of amides is 1. The molecule has 0 spiro atoms. The molecule has 128 valence electrons. The number of nitrogens with one attached hydrogen (secondary N) is 1. The molecule has 0 atom stereocenters. The van der Waals surface area contributed by atoms with Gasteiger partial charge in [-0.3, -0.25) is 9.69 Å². The molecular weight excluding hydrogens is 320 g/mol. The Morgan fingerprint density at radius 1 is 1.17 bits per heavy atom. The summed E-state index contributed by atoms with van der Waals surface area (Å²) < 4.78 is 0. The first kappa shape index (κ1) is 16.9. The molecular formula is C18H24N4OS. The lowest BCUT2D eigenvalue weighted by molar-refractivity contribution is -0.121. The number of hydrogen-bond donors (Lipinski definition) is 1. The van der Waals surface area contributed by atoms with Crippen LogP contribution >= 0.6 is 11.3 Å². The first-order valence-corrected chi connectivity index (χ1v) is 9.41. The van der Waals surface area contributed by atoms with E-state index >= 15 is 0 Å². The highest BCUT2D eigenvalue weighted by atomic mass is 32.1. The van der Waals surface area contributed by atoms with E-state index in [4.69, 9.17) is 0 Å². The monoisotopic (exact) mass is 344 g/mol. The molecule has 2 aromatic rings. The van der Waals surface area contributed by atoms with Gasteiger partial charge in [0.25, 0.3) is 0 Å². The average Bonchev–Trinajstić information content (AvgIpc) is 3.15. The third kappa shape index (κ3) is 5.04. The van der Waals surface area contributed by atoms with Gasteiger partial charge in [0.2, 0.25) is 5.91 Å².